The first-order valence-corrected chi connectivity index (χ1v) is 12.6. The highest BCUT2D eigenvalue weighted by Gasteiger charge is 2.43. The van der Waals surface area contributed by atoms with Gasteiger partial charge in [-0.05, 0) is 55.9 Å². The Morgan fingerprint density at radius 1 is 1.00 bits per heavy atom. The zero-order chi connectivity index (χ0) is 24.3. The van der Waals surface area contributed by atoms with E-state index in [1.807, 2.05) is 6.92 Å². The quantitative estimate of drug-likeness (QED) is 0.660. The molecule has 2 aliphatic rings. The van der Waals surface area contributed by atoms with Gasteiger partial charge in [-0.2, -0.15) is 0 Å². The van der Waals surface area contributed by atoms with Gasteiger partial charge in [-0.3, -0.25) is 9.59 Å². The Labute approximate surface area is 198 Å². The SMILES string of the molecule is Cc1ccc(S(=O)(=O)NC(=O)N2CCC3(CCN(C(=O)CNC(=O)c4ccco4)CC3)C2)cc1. The summed E-state index contributed by atoms with van der Waals surface area (Å²) in [6.07, 6.45) is 3.56. The smallest absolute Gasteiger partial charge is 0.331 e. The van der Waals surface area contributed by atoms with Gasteiger partial charge < -0.3 is 19.5 Å². The minimum Gasteiger partial charge on any atom is -0.459 e. The van der Waals surface area contributed by atoms with Gasteiger partial charge in [0, 0.05) is 26.2 Å². The number of likely N-dealkylation sites (tertiary alicyclic amines) is 2. The van der Waals surface area contributed by atoms with E-state index in [9.17, 15) is 22.8 Å². The number of sulfonamides is 1. The highest BCUT2D eigenvalue weighted by atomic mass is 32.2. The van der Waals surface area contributed by atoms with Crippen molar-refractivity contribution in [1.29, 1.82) is 0 Å². The Hall–Kier alpha value is -3.34. The number of urea groups is 1. The Morgan fingerprint density at radius 3 is 2.26 bits per heavy atom. The lowest BCUT2D eigenvalue weighted by atomic mass is 9.78. The largest absolute Gasteiger partial charge is 0.459 e. The highest BCUT2D eigenvalue weighted by molar-refractivity contribution is 7.90. The standard InChI is InChI=1S/C23H28N4O6S/c1-17-4-6-18(7-5-17)34(31,32)25-22(30)27-13-10-23(16-27)8-11-26(12-9-23)20(28)15-24-21(29)19-3-2-14-33-19/h2-7,14H,8-13,15-16H2,1H3,(H,24,29)(H,25,30). The molecule has 1 aromatic heterocycles. The van der Waals surface area contributed by atoms with Crippen LogP contribution in [0.5, 0.6) is 0 Å². The number of benzene rings is 1. The molecular weight excluding hydrogens is 460 g/mol. The first-order valence-electron chi connectivity index (χ1n) is 11.2. The third-order valence-electron chi connectivity index (χ3n) is 6.60. The molecule has 0 unspecified atom stereocenters. The molecule has 2 aliphatic heterocycles. The van der Waals surface area contributed by atoms with Crippen LogP contribution in [0.25, 0.3) is 0 Å². The average molecular weight is 489 g/mol. The molecule has 34 heavy (non-hydrogen) atoms. The van der Waals surface area contributed by atoms with Gasteiger partial charge in [-0.25, -0.2) is 17.9 Å². The molecule has 182 valence electrons. The van der Waals surface area contributed by atoms with Crippen LogP contribution >= 0.6 is 0 Å². The van der Waals surface area contributed by atoms with Crippen molar-refractivity contribution in [1.82, 2.24) is 19.8 Å². The molecule has 2 saturated heterocycles. The molecule has 11 heteroatoms. The molecular formula is C23H28N4O6S. The summed E-state index contributed by atoms with van der Waals surface area (Å²) in [7, 11) is -3.94. The molecule has 1 aromatic carbocycles. The van der Waals surface area contributed by atoms with Gasteiger partial charge in [0.2, 0.25) is 5.91 Å². The van der Waals surface area contributed by atoms with Gasteiger partial charge in [0.1, 0.15) is 0 Å². The zero-order valence-corrected chi connectivity index (χ0v) is 19.8. The fourth-order valence-electron chi connectivity index (χ4n) is 4.47. The molecule has 4 rings (SSSR count). The Bertz CT molecular complexity index is 1150. The van der Waals surface area contributed by atoms with Crippen molar-refractivity contribution in [3.8, 4) is 0 Å². The summed E-state index contributed by atoms with van der Waals surface area (Å²) in [6.45, 7) is 3.69. The fourth-order valence-corrected chi connectivity index (χ4v) is 5.44. The van der Waals surface area contributed by atoms with E-state index in [0.29, 0.717) is 39.0 Å². The third-order valence-corrected chi connectivity index (χ3v) is 7.94. The van der Waals surface area contributed by atoms with Gasteiger partial charge in [-0.15, -0.1) is 0 Å². The van der Waals surface area contributed by atoms with Gasteiger partial charge >= 0.3 is 6.03 Å². The normalized spacial score (nSPS) is 17.6. The van der Waals surface area contributed by atoms with E-state index >= 15 is 0 Å². The van der Waals surface area contributed by atoms with Crippen LogP contribution in [0, 0.1) is 12.3 Å². The van der Waals surface area contributed by atoms with E-state index in [-0.39, 0.29) is 28.5 Å². The van der Waals surface area contributed by atoms with Crippen molar-refractivity contribution in [2.24, 2.45) is 5.41 Å². The molecule has 0 radical (unpaired) electrons. The minimum absolute atomic E-state index is 0.0475. The maximum atomic E-state index is 12.7. The van der Waals surface area contributed by atoms with Crippen LogP contribution in [0.3, 0.4) is 0 Å². The number of aryl methyl sites for hydroxylation is 1. The number of hydrogen-bond donors (Lipinski definition) is 2. The first kappa shape index (κ1) is 23.8. The van der Waals surface area contributed by atoms with Crippen molar-refractivity contribution in [2.45, 2.75) is 31.1 Å². The molecule has 2 fully saturated rings. The van der Waals surface area contributed by atoms with Crippen LogP contribution in [0.4, 0.5) is 4.79 Å². The lowest BCUT2D eigenvalue weighted by molar-refractivity contribution is -0.132. The Kier molecular flexibility index (Phi) is 6.65. The van der Waals surface area contributed by atoms with E-state index in [0.717, 1.165) is 12.0 Å². The lowest BCUT2D eigenvalue weighted by Gasteiger charge is -2.39. The number of carbonyl (C=O) groups excluding carboxylic acids is 3. The second kappa shape index (κ2) is 9.49. The van der Waals surface area contributed by atoms with Crippen molar-refractivity contribution < 1.29 is 27.2 Å². The van der Waals surface area contributed by atoms with E-state index in [1.54, 1.807) is 23.1 Å². The molecule has 2 aromatic rings. The molecule has 0 bridgehead atoms. The second-order valence-corrected chi connectivity index (χ2v) is 10.6. The van der Waals surface area contributed by atoms with Crippen LogP contribution in [-0.4, -0.2) is 68.8 Å². The number of hydrogen-bond acceptors (Lipinski definition) is 6. The van der Waals surface area contributed by atoms with Crippen LogP contribution < -0.4 is 10.0 Å². The number of piperidine rings is 1. The highest BCUT2D eigenvalue weighted by Crippen LogP contribution is 2.40. The minimum atomic E-state index is -3.94. The third kappa shape index (κ3) is 5.24. The van der Waals surface area contributed by atoms with Crippen LogP contribution in [-0.2, 0) is 14.8 Å². The van der Waals surface area contributed by atoms with Gasteiger partial charge in [0.05, 0.1) is 17.7 Å². The molecule has 2 N–H and O–H groups in total. The molecule has 4 amide bonds. The van der Waals surface area contributed by atoms with E-state index in [4.69, 9.17) is 4.42 Å². The van der Waals surface area contributed by atoms with Crippen molar-refractivity contribution in [2.75, 3.05) is 32.7 Å². The number of nitrogens with zero attached hydrogens (tertiary/aromatic N) is 2. The molecule has 10 nitrogen and oxygen atoms in total. The number of carbonyl (C=O) groups is 3. The predicted octanol–water partition coefficient (Wildman–Crippen LogP) is 1.73. The summed E-state index contributed by atoms with van der Waals surface area (Å²) < 4.78 is 32.3. The van der Waals surface area contributed by atoms with E-state index in [2.05, 4.69) is 10.0 Å². The molecule has 0 atom stereocenters. The average Bonchev–Trinajstić information content (AvgIpc) is 3.49. The maximum Gasteiger partial charge on any atom is 0.331 e. The van der Waals surface area contributed by atoms with E-state index in [1.165, 1.54) is 29.4 Å². The topological polar surface area (TPSA) is 129 Å². The molecule has 1 spiro atoms. The number of nitrogens with one attached hydrogen (secondary N) is 2. The van der Waals surface area contributed by atoms with Crippen LogP contribution in [0.15, 0.2) is 52.0 Å². The fraction of sp³-hybridized carbons (Fsp3) is 0.435. The summed E-state index contributed by atoms with van der Waals surface area (Å²) >= 11 is 0. The Balaban J connectivity index is 1.26. The van der Waals surface area contributed by atoms with Gasteiger partial charge in [0.25, 0.3) is 15.9 Å². The number of rotatable bonds is 5. The summed E-state index contributed by atoms with van der Waals surface area (Å²) in [6, 6.07) is 8.81. The maximum absolute atomic E-state index is 12.7. The van der Waals surface area contributed by atoms with Crippen molar-refractivity contribution in [3.05, 3.63) is 54.0 Å². The van der Waals surface area contributed by atoms with Crippen LogP contribution in [0.1, 0.15) is 35.4 Å². The number of furan rings is 1. The molecule has 3 heterocycles. The number of amides is 4. The van der Waals surface area contributed by atoms with Crippen LogP contribution in [0.2, 0.25) is 0 Å². The first-order chi connectivity index (χ1) is 16.2. The Morgan fingerprint density at radius 2 is 1.65 bits per heavy atom. The van der Waals surface area contributed by atoms with E-state index < -0.39 is 22.0 Å². The predicted molar refractivity (Wildman–Crippen MR) is 122 cm³/mol. The molecule has 0 saturated carbocycles. The summed E-state index contributed by atoms with van der Waals surface area (Å²) in [5.74, 6) is -0.462. The summed E-state index contributed by atoms with van der Waals surface area (Å²) in [5.41, 5.74) is 0.788. The van der Waals surface area contributed by atoms with Gasteiger partial charge in [-0.1, -0.05) is 17.7 Å². The zero-order valence-electron chi connectivity index (χ0n) is 19.0. The van der Waals surface area contributed by atoms with Gasteiger partial charge in [0.15, 0.2) is 5.76 Å². The van der Waals surface area contributed by atoms with Crippen molar-refractivity contribution >= 4 is 27.9 Å². The monoisotopic (exact) mass is 488 g/mol. The second-order valence-electron chi connectivity index (χ2n) is 8.94. The lowest BCUT2D eigenvalue weighted by Crippen LogP contribution is -2.48. The molecule has 0 aliphatic carbocycles. The summed E-state index contributed by atoms with van der Waals surface area (Å²) in [5, 5.41) is 2.56. The van der Waals surface area contributed by atoms with Crippen molar-refractivity contribution in [3.63, 3.8) is 0 Å². The summed E-state index contributed by atoms with van der Waals surface area (Å²) in [4.78, 5) is 40.4.